The number of H-pyrrole nitrogens is 2. The number of rotatable bonds is 1. The van der Waals surface area contributed by atoms with Crippen LogP contribution in [0.3, 0.4) is 0 Å². The maximum absolute atomic E-state index is 9.03. The molecule has 0 aromatic carbocycles. The third kappa shape index (κ3) is 1.28. The maximum Gasteiger partial charge on any atom is 0.209 e. The van der Waals surface area contributed by atoms with Gasteiger partial charge in [0.1, 0.15) is 0 Å². The van der Waals surface area contributed by atoms with Gasteiger partial charge in [-0.3, -0.25) is 0 Å². The quantitative estimate of drug-likeness (QED) is 0.612. The van der Waals surface area contributed by atoms with Crippen LogP contribution in [0.4, 0.5) is 0 Å². The lowest BCUT2D eigenvalue weighted by Crippen LogP contribution is -1.82. The number of aromatic nitrogens is 4. The van der Waals surface area contributed by atoms with E-state index in [-0.39, 0.29) is 5.88 Å². The Labute approximate surface area is 74.9 Å². The van der Waals surface area contributed by atoms with Crippen molar-refractivity contribution in [3.63, 3.8) is 0 Å². The minimum atomic E-state index is 0.0432. The smallest absolute Gasteiger partial charge is 0.209 e. The number of nitrogens with one attached hydrogen (secondary N) is 2. The van der Waals surface area contributed by atoms with Crippen LogP contribution in [0.15, 0.2) is 6.20 Å². The first-order valence-corrected chi connectivity index (χ1v) is 3.94. The van der Waals surface area contributed by atoms with Crippen molar-refractivity contribution >= 4 is 0 Å². The zero-order valence-corrected chi connectivity index (χ0v) is 7.42. The van der Waals surface area contributed by atoms with E-state index < -0.39 is 0 Å². The number of aromatic hydroxyl groups is 1. The van der Waals surface area contributed by atoms with E-state index in [0.717, 1.165) is 11.4 Å². The van der Waals surface area contributed by atoms with Crippen molar-refractivity contribution in [2.75, 3.05) is 0 Å². The highest BCUT2D eigenvalue weighted by atomic mass is 16.3. The molecule has 0 aliphatic carbocycles. The van der Waals surface area contributed by atoms with Crippen molar-refractivity contribution < 1.29 is 5.11 Å². The zero-order valence-electron chi connectivity index (χ0n) is 7.42. The molecule has 2 aromatic rings. The molecule has 0 aliphatic heterocycles. The Morgan fingerprint density at radius 1 is 1.23 bits per heavy atom. The number of imidazole rings is 2. The van der Waals surface area contributed by atoms with Gasteiger partial charge < -0.3 is 15.1 Å². The highest BCUT2D eigenvalue weighted by Gasteiger charge is 2.07. The summed E-state index contributed by atoms with van der Waals surface area (Å²) in [6, 6.07) is 0. The first-order chi connectivity index (χ1) is 6.16. The standard InChI is InChI=1S/C8H10N4O/c1-4-5(2)11-8(10-4)7-9-3-6(13)12-7/h3,13H,1-2H3,(H,9,12)(H,10,11). The van der Waals surface area contributed by atoms with Gasteiger partial charge in [0.05, 0.1) is 11.9 Å². The Kier molecular flexibility index (Phi) is 1.58. The number of hydrogen-bond donors (Lipinski definition) is 3. The van der Waals surface area contributed by atoms with Gasteiger partial charge in [-0.2, -0.15) is 0 Å². The molecular formula is C8H10N4O. The topological polar surface area (TPSA) is 77.6 Å². The average molecular weight is 178 g/mol. The molecule has 68 valence electrons. The first kappa shape index (κ1) is 7.85. The van der Waals surface area contributed by atoms with E-state index in [1.54, 1.807) is 0 Å². The van der Waals surface area contributed by atoms with E-state index >= 15 is 0 Å². The van der Waals surface area contributed by atoms with Crippen molar-refractivity contribution in [1.82, 2.24) is 19.9 Å². The van der Waals surface area contributed by atoms with Crippen LogP contribution < -0.4 is 0 Å². The molecule has 0 spiro atoms. The van der Waals surface area contributed by atoms with Gasteiger partial charge in [-0.1, -0.05) is 0 Å². The molecule has 2 aromatic heterocycles. The summed E-state index contributed by atoms with van der Waals surface area (Å²) in [6.45, 7) is 3.85. The van der Waals surface area contributed by atoms with Gasteiger partial charge in [0.2, 0.25) is 5.88 Å². The summed E-state index contributed by atoms with van der Waals surface area (Å²) in [5.74, 6) is 1.24. The Morgan fingerprint density at radius 2 is 2.00 bits per heavy atom. The summed E-state index contributed by atoms with van der Waals surface area (Å²) in [5, 5.41) is 9.03. The van der Waals surface area contributed by atoms with Crippen molar-refractivity contribution in [1.29, 1.82) is 0 Å². The molecule has 0 saturated carbocycles. The van der Waals surface area contributed by atoms with Gasteiger partial charge in [-0.05, 0) is 13.8 Å². The normalized spacial score (nSPS) is 10.6. The molecule has 3 N–H and O–H groups in total. The van der Waals surface area contributed by atoms with Gasteiger partial charge in [-0.15, -0.1) is 0 Å². The molecule has 0 fully saturated rings. The Balaban J connectivity index is 2.46. The number of nitrogens with zero attached hydrogens (tertiary/aromatic N) is 2. The lowest BCUT2D eigenvalue weighted by molar-refractivity contribution is 0.457. The molecule has 0 atom stereocenters. The van der Waals surface area contributed by atoms with Crippen LogP contribution in [0.25, 0.3) is 11.6 Å². The number of aromatic amines is 2. The van der Waals surface area contributed by atoms with Crippen LogP contribution in [-0.2, 0) is 0 Å². The predicted octanol–water partition coefficient (Wildman–Crippen LogP) is 1.12. The molecule has 2 rings (SSSR count). The van der Waals surface area contributed by atoms with Crippen molar-refractivity contribution in [2.45, 2.75) is 13.8 Å². The highest BCUT2D eigenvalue weighted by Crippen LogP contribution is 2.15. The molecular weight excluding hydrogens is 168 g/mol. The van der Waals surface area contributed by atoms with Crippen molar-refractivity contribution in [3.8, 4) is 17.5 Å². The van der Waals surface area contributed by atoms with Crippen LogP contribution in [0.5, 0.6) is 5.88 Å². The van der Waals surface area contributed by atoms with Crippen molar-refractivity contribution in [2.24, 2.45) is 0 Å². The molecule has 0 aliphatic rings. The molecule has 0 saturated heterocycles. The van der Waals surface area contributed by atoms with Gasteiger partial charge in [0, 0.05) is 5.69 Å². The van der Waals surface area contributed by atoms with E-state index in [1.165, 1.54) is 6.20 Å². The van der Waals surface area contributed by atoms with Crippen LogP contribution in [0.1, 0.15) is 11.4 Å². The fourth-order valence-corrected chi connectivity index (χ4v) is 1.09. The molecule has 0 amide bonds. The molecule has 13 heavy (non-hydrogen) atoms. The summed E-state index contributed by atoms with van der Waals surface area (Å²) in [4.78, 5) is 13.9. The summed E-state index contributed by atoms with van der Waals surface area (Å²) < 4.78 is 0. The largest absolute Gasteiger partial charge is 0.493 e. The third-order valence-electron chi connectivity index (χ3n) is 1.91. The van der Waals surface area contributed by atoms with Crippen LogP contribution in [-0.4, -0.2) is 25.0 Å². The lowest BCUT2D eigenvalue weighted by Gasteiger charge is -1.87. The summed E-state index contributed by atoms with van der Waals surface area (Å²) in [6.07, 6.45) is 1.35. The number of hydrogen-bond acceptors (Lipinski definition) is 3. The highest BCUT2D eigenvalue weighted by molar-refractivity contribution is 5.46. The second-order valence-electron chi connectivity index (χ2n) is 2.91. The second kappa shape index (κ2) is 2.62. The van der Waals surface area contributed by atoms with Gasteiger partial charge in [0.25, 0.3) is 0 Å². The number of aryl methyl sites for hydroxylation is 2. The van der Waals surface area contributed by atoms with Crippen LogP contribution in [0.2, 0.25) is 0 Å². The van der Waals surface area contributed by atoms with Crippen molar-refractivity contribution in [3.05, 3.63) is 17.6 Å². The molecule has 0 unspecified atom stereocenters. The predicted molar refractivity (Wildman–Crippen MR) is 47.3 cm³/mol. The van der Waals surface area contributed by atoms with E-state index in [9.17, 15) is 0 Å². The lowest BCUT2D eigenvalue weighted by atomic mass is 10.4. The molecule has 0 radical (unpaired) electrons. The maximum atomic E-state index is 9.03. The van der Waals surface area contributed by atoms with E-state index in [1.807, 2.05) is 13.8 Å². The monoisotopic (exact) mass is 178 g/mol. The first-order valence-electron chi connectivity index (χ1n) is 3.94. The molecule has 0 bridgehead atoms. The molecule has 5 nitrogen and oxygen atoms in total. The van der Waals surface area contributed by atoms with Crippen LogP contribution in [0, 0.1) is 13.8 Å². The summed E-state index contributed by atoms with van der Waals surface area (Å²) in [7, 11) is 0. The molecule has 2 heterocycles. The molecule has 5 heteroatoms. The fraction of sp³-hybridized carbons (Fsp3) is 0.250. The summed E-state index contributed by atoms with van der Waals surface area (Å²) >= 11 is 0. The van der Waals surface area contributed by atoms with Crippen LogP contribution >= 0.6 is 0 Å². The Bertz CT molecular complexity index is 410. The van der Waals surface area contributed by atoms with E-state index in [2.05, 4.69) is 19.9 Å². The van der Waals surface area contributed by atoms with Gasteiger partial charge >= 0.3 is 0 Å². The SMILES string of the molecule is Cc1nc(-c2ncc(O)[nH]2)[nH]c1C. The van der Waals surface area contributed by atoms with Gasteiger partial charge in [0.15, 0.2) is 11.6 Å². The minimum absolute atomic E-state index is 0.0432. The Morgan fingerprint density at radius 3 is 2.46 bits per heavy atom. The zero-order chi connectivity index (χ0) is 9.42. The summed E-state index contributed by atoms with van der Waals surface area (Å²) in [5.41, 5.74) is 1.94. The van der Waals surface area contributed by atoms with Gasteiger partial charge in [-0.25, -0.2) is 9.97 Å². The Hall–Kier alpha value is -1.78. The average Bonchev–Trinajstić information content (AvgIpc) is 2.61. The van der Waals surface area contributed by atoms with E-state index in [4.69, 9.17) is 5.11 Å². The second-order valence-corrected chi connectivity index (χ2v) is 2.91. The van der Waals surface area contributed by atoms with E-state index in [0.29, 0.717) is 11.6 Å². The minimum Gasteiger partial charge on any atom is -0.493 e. The fourth-order valence-electron chi connectivity index (χ4n) is 1.09. The third-order valence-corrected chi connectivity index (χ3v) is 1.91.